The summed E-state index contributed by atoms with van der Waals surface area (Å²) in [5, 5.41) is 15.8. The number of carbonyl (C=O) groups is 2. The fourth-order valence-electron chi connectivity index (χ4n) is 4.72. The molecule has 1 aromatic heterocycles. The first-order valence-corrected chi connectivity index (χ1v) is 10.0. The van der Waals surface area contributed by atoms with E-state index in [2.05, 4.69) is 10.3 Å². The normalized spacial score (nSPS) is 29.1. The molecule has 4 atom stereocenters. The Balaban J connectivity index is 1.52. The van der Waals surface area contributed by atoms with Gasteiger partial charge in [-0.2, -0.15) is 0 Å². The highest BCUT2D eigenvalue weighted by Crippen LogP contribution is 2.68. The number of hydrogen-bond donors (Lipinski definition) is 4. The van der Waals surface area contributed by atoms with Crippen molar-refractivity contribution >= 4 is 28.3 Å². The lowest BCUT2D eigenvalue weighted by Gasteiger charge is -2.15. The van der Waals surface area contributed by atoms with E-state index >= 15 is 0 Å². The SMILES string of the molecule is NC(=O)CN1C[C@H](O)[C@@]2(C1)[C@H](CNC(=O)c1csc(N)n1)[C@H]2c1ccccc1. The van der Waals surface area contributed by atoms with Gasteiger partial charge in [0.15, 0.2) is 5.13 Å². The van der Waals surface area contributed by atoms with Crippen molar-refractivity contribution in [3.63, 3.8) is 0 Å². The molecule has 2 amide bonds. The lowest BCUT2D eigenvalue weighted by atomic mass is 9.95. The summed E-state index contributed by atoms with van der Waals surface area (Å²) in [5.41, 5.74) is 12.0. The van der Waals surface area contributed by atoms with E-state index in [1.807, 2.05) is 35.2 Å². The number of likely N-dealkylation sites (tertiary alicyclic amines) is 1. The molecule has 28 heavy (non-hydrogen) atoms. The Bertz CT molecular complexity index is 889. The summed E-state index contributed by atoms with van der Waals surface area (Å²) in [6.45, 7) is 1.51. The van der Waals surface area contributed by atoms with Crippen molar-refractivity contribution in [1.82, 2.24) is 15.2 Å². The van der Waals surface area contributed by atoms with Crippen molar-refractivity contribution in [2.24, 2.45) is 17.1 Å². The minimum atomic E-state index is -0.589. The van der Waals surface area contributed by atoms with Gasteiger partial charge in [-0.15, -0.1) is 11.3 Å². The number of nitrogens with zero attached hydrogens (tertiary/aromatic N) is 2. The molecule has 1 aromatic carbocycles. The summed E-state index contributed by atoms with van der Waals surface area (Å²) in [5.74, 6) is -0.527. The number of β-amino-alcohol motifs (C(OH)–C–C–N with tert-alkyl or cyclic N) is 1. The van der Waals surface area contributed by atoms with Gasteiger partial charge in [0.25, 0.3) is 5.91 Å². The predicted molar refractivity (Wildman–Crippen MR) is 106 cm³/mol. The van der Waals surface area contributed by atoms with Gasteiger partial charge in [-0.05, 0) is 17.4 Å². The zero-order valence-corrected chi connectivity index (χ0v) is 16.1. The standard InChI is InChI=1S/C19H23N5O3S/c20-15(26)8-24-7-14(25)19(10-24)12(16(19)11-4-2-1-3-5-11)6-22-17(27)13-9-28-18(21)23-13/h1-5,9,12,14,16,25H,6-8,10H2,(H2,20,26)(H2,21,23)(H,22,27)/t12-,14+,16-,19-/m1/s1. The second kappa shape index (κ2) is 7.16. The maximum atomic E-state index is 12.4. The molecule has 2 fully saturated rings. The van der Waals surface area contributed by atoms with Crippen LogP contribution in [0.1, 0.15) is 22.0 Å². The molecule has 6 N–H and O–H groups in total. The Labute approximate surface area is 166 Å². The highest BCUT2D eigenvalue weighted by Gasteiger charge is 2.71. The van der Waals surface area contributed by atoms with Gasteiger partial charge in [-0.25, -0.2) is 4.98 Å². The van der Waals surface area contributed by atoms with Crippen LogP contribution in [0.3, 0.4) is 0 Å². The molecule has 9 heteroatoms. The number of nitrogens with two attached hydrogens (primary N) is 2. The topological polar surface area (TPSA) is 135 Å². The van der Waals surface area contributed by atoms with Crippen LogP contribution < -0.4 is 16.8 Å². The van der Waals surface area contributed by atoms with Crippen molar-refractivity contribution in [2.45, 2.75) is 12.0 Å². The van der Waals surface area contributed by atoms with Crippen molar-refractivity contribution in [3.8, 4) is 0 Å². The summed E-state index contributed by atoms with van der Waals surface area (Å²) in [6, 6.07) is 9.97. The molecule has 1 saturated heterocycles. The smallest absolute Gasteiger partial charge is 0.270 e. The Hall–Kier alpha value is -2.49. The van der Waals surface area contributed by atoms with Crippen LogP contribution >= 0.6 is 11.3 Å². The monoisotopic (exact) mass is 401 g/mol. The van der Waals surface area contributed by atoms with Gasteiger partial charge < -0.3 is 21.9 Å². The van der Waals surface area contributed by atoms with Crippen LogP contribution in [0.15, 0.2) is 35.7 Å². The molecule has 2 aliphatic rings. The number of carbonyl (C=O) groups excluding carboxylic acids is 2. The van der Waals surface area contributed by atoms with Crippen LogP contribution in [0.5, 0.6) is 0 Å². The first-order chi connectivity index (χ1) is 13.4. The lowest BCUT2D eigenvalue weighted by molar-refractivity contribution is -0.119. The molecule has 4 rings (SSSR count). The van der Waals surface area contributed by atoms with Crippen molar-refractivity contribution in [2.75, 3.05) is 31.9 Å². The summed E-state index contributed by atoms with van der Waals surface area (Å²) >= 11 is 1.22. The molecule has 0 radical (unpaired) electrons. The number of aliphatic hydroxyl groups excluding tert-OH is 1. The number of nitrogens with one attached hydrogen (secondary N) is 1. The minimum absolute atomic E-state index is 0.0581. The molecule has 2 heterocycles. The second-order valence-electron chi connectivity index (χ2n) is 7.54. The van der Waals surface area contributed by atoms with Gasteiger partial charge in [-0.1, -0.05) is 30.3 Å². The molecule has 2 aromatic rings. The number of anilines is 1. The molecule has 1 saturated carbocycles. The van der Waals surface area contributed by atoms with Gasteiger partial charge in [0.1, 0.15) is 5.69 Å². The van der Waals surface area contributed by atoms with Crippen LogP contribution in [-0.4, -0.2) is 59.1 Å². The van der Waals surface area contributed by atoms with Crippen molar-refractivity contribution in [1.29, 1.82) is 0 Å². The fraction of sp³-hybridized carbons (Fsp3) is 0.421. The van der Waals surface area contributed by atoms with E-state index in [0.29, 0.717) is 30.5 Å². The maximum Gasteiger partial charge on any atom is 0.270 e. The summed E-state index contributed by atoms with van der Waals surface area (Å²) < 4.78 is 0. The summed E-state index contributed by atoms with van der Waals surface area (Å²) in [4.78, 5) is 29.6. The van der Waals surface area contributed by atoms with Crippen molar-refractivity contribution < 1.29 is 14.7 Å². The number of thiazole rings is 1. The average Bonchev–Trinajstić information content (AvgIpc) is 2.89. The molecule has 0 bridgehead atoms. The van der Waals surface area contributed by atoms with Gasteiger partial charge in [0.2, 0.25) is 5.91 Å². The number of primary amides is 1. The fourth-order valence-corrected chi connectivity index (χ4v) is 5.26. The van der Waals surface area contributed by atoms with Crippen molar-refractivity contribution in [3.05, 3.63) is 47.0 Å². The number of hydrogen-bond acceptors (Lipinski definition) is 7. The average molecular weight is 401 g/mol. The first kappa shape index (κ1) is 18.9. The van der Waals surface area contributed by atoms with Gasteiger partial charge in [0.05, 0.1) is 12.6 Å². The van der Waals surface area contributed by atoms with E-state index in [4.69, 9.17) is 11.5 Å². The molecule has 148 valence electrons. The van der Waals surface area contributed by atoms with E-state index in [9.17, 15) is 14.7 Å². The van der Waals surface area contributed by atoms with Gasteiger partial charge in [0, 0.05) is 30.4 Å². The molecule has 1 aliphatic carbocycles. The molecule has 1 aliphatic heterocycles. The summed E-state index contributed by atoms with van der Waals surface area (Å²) in [6.07, 6.45) is -0.589. The number of aromatic nitrogens is 1. The Morgan fingerprint density at radius 3 is 2.75 bits per heavy atom. The zero-order valence-electron chi connectivity index (χ0n) is 15.2. The number of nitrogen functional groups attached to an aromatic ring is 1. The van der Waals surface area contributed by atoms with Gasteiger partial charge in [-0.3, -0.25) is 14.5 Å². The Morgan fingerprint density at radius 1 is 1.36 bits per heavy atom. The largest absolute Gasteiger partial charge is 0.391 e. The van der Waals surface area contributed by atoms with E-state index in [1.165, 1.54) is 11.3 Å². The Morgan fingerprint density at radius 2 is 2.11 bits per heavy atom. The molecule has 0 unspecified atom stereocenters. The van der Waals surface area contributed by atoms with E-state index in [0.717, 1.165) is 5.56 Å². The zero-order chi connectivity index (χ0) is 19.9. The van der Waals surface area contributed by atoms with Crippen LogP contribution in [0.2, 0.25) is 0 Å². The Kier molecular flexibility index (Phi) is 4.82. The second-order valence-corrected chi connectivity index (χ2v) is 8.43. The lowest BCUT2D eigenvalue weighted by Crippen LogP contribution is -2.33. The van der Waals surface area contributed by atoms with E-state index in [-0.39, 0.29) is 24.3 Å². The van der Waals surface area contributed by atoms with E-state index in [1.54, 1.807) is 5.38 Å². The van der Waals surface area contributed by atoms with Crippen LogP contribution in [0.4, 0.5) is 5.13 Å². The molecular weight excluding hydrogens is 378 g/mol. The van der Waals surface area contributed by atoms with Crippen LogP contribution in [0, 0.1) is 11.3 Å². The molecular formula is C19H23N5O3S. The number of aliphatic hydroxyl groups is 1. The minimum Gasteiger partial charge on any atom is -0.391 e. The van der Waals surface area contributed by atoms with Crippen LogP contribution in [0.25, 0.3) is 0 Å². The summed E-state index contributed by atoms with van der Waals surface area (Å²) in [7, 11) is 0. The first-order valence-electron chi connectivity index (χ1n) is 9.14. The highest BCUT2D eigenvalue weighted by molar-refractivity contribution is 7.13. The van der Waals surface area contributed by atoms with E-state index < -0.39 is 17.4 Å². The number of benzene rings is 1. The highest BCUT2D eigenvalue weighted by atomic mass is 32.1. The third-order valence-corrected chi connectivity index (χ3v) is 6.56. The van der Waals surface area contributed by atoms with Gasteiger partial charge >= 0.3 is 0 Å². The third kappa shape index (κ3) is 3.25. The third-order valence-electron chi connectivity index (χ3n) is 5.89. The number of rotatable bonds is 6. The van der Waals surface area contributed by atoms with Crippen LogP contribution in [-0.2, 0) is 4.79 Å². The number of amides is 2. The quantitative estimate of drug-likeness (QED) is 0.539. The molecule has 1 spiro atoms. The molecule has 8 nitrogen and oxygen atoms in total. The predicted octanol–water partition coefficient (Wildman–Crippen LogP) is 0.0169. The maximum absolute atomic E-state index is 12.4.